The van der Waals surface area contributed by atoms with Crippen molar-refractivity contribution >= 4 is 34.9 Å². The first-order chi connectivity index (χ1) is 8.83. The summed E-state index contributed by atoms with van der Waals surface area (Å²) in [5, 5.41) is 8.25. The van der Waals surface area contributed by atoms with Gasteiger partial charge in [0.25, 0.3) is 0 Å². The Hall–Kier alpha value is -2.02. The van der Waals surface area contributed by atoms with Crippen molar-refractivity contribution in [2.75, 3.05) is 5.32 Å². The van der Waals surface area contributed by atoms with Crippen LogP contribution in [-0.2, 0) is 14.4 Å². The van der Waals surface area contributed by atoms with Crippen molar-refractivity contribution in [2.24, 2.45) is 5.16 Å². The second kappa shape index (κ2) is 6.06. The number of thiazole rings is 1. The number of carbonyl (C=O) groups is 2. The number of rotatable bonds is 6. The van der Waals surface area contributed by atoms with Crippen LogP contribution in [0.2, 0.25) is 0 Å². The maximum atomic E-state index is 10.9. The molecule has 0 fully saturated rings. The zero-order chi connectivity index (χ0) is 12.8. The number of aromatic nitrogens is 1. The van der Waals surface area contributed by atoms with Crippen molar-refractivity contribution < 1.29 is 14.4 Å². The second-order valence-corrected chi connectivity index (χ2v) is 4.40. The third kappa shape index (κ3) is 3.01. The van der Waals surface area contributed by atoms with Gasteiger partial charge >= 0.3 is 0 Å². The lowest BCUT2D eigenvalue weighted by atomic mass is 10.3. The van der Waals surface area contributed by atoms with E-state index < -0.39 is 0 Å². The zero-order valence-electron chi connectivity index (χ0n) is 9.41. The van der Waals surface area contributed by atoms with Crippen LogP contribution in [0.15, 0.2) is 22.7 Å². The van der Waals surface area contributed by atoms with Crippen molar-refractivity contribution in [3.05, 3.63) is 23.2 Å². The molecule has 0 bridgehead atoms. The van der Waals surface area contributed by atoms with E-state index in [1.165, 1.54) is 11.3 Å². The zero-order valence-corrected chi connectivity index (χ0v) is 10.2. The topological polar surface area (TPSA) is 80.7 Å². The highest BCUT2D eigenvalue weighted by Gasteiger charge is 2.12. The Bertz CT molecular complexity index is 495. The summed E-state index contributed by atoms with van der Waals surface area (Å²) in [7, 11) is 0. The van der Waals surface area contributed by atoms with Crippen molar-refractivity contribution in [1.29, 1.82) is 0 Å². The molecule has 0 radical (unpaired) electrons. The number of allylic oxidation sites excluding steroid dienone is 1. The number of aldehydes is 1. The van der Waals surface area contributed by atoms with Gasteiger partial charge in [0.1, 0.15) is 11.8 Å². The first-order valence-electron chi connectivity index (χ1n) is 5.35. The smallest absolute Gasteiger partial charge is 0.213 e. The van der Waals surface area contributed by atoms with Gasteiger partial charge in [-0.25, -0.2) is 4.98 Å². The molecule has 0 saturated heterocycles. The number of nitrogens with one attached hydrogen (secondary N) is 1. The third-order valence-corrected chi connectivity index (χ3v) is 3.09. The predicted molar refractivity (Wildman–Crippen MR) is 67.6 cm³/mol. The summed E-state index contributed by atoms with van der Waals surface area (Å²) in [6.45, 7) is 0. The molecule has 1 aliphatic carbocycles. The van der Waals surface area contributed by atoms with Crippen molar-refractivity contribution in [2.45, 2.75) is 18.9 Å². The molecule has 0 aliphatic heterocycles. The lowest BCUT2D eigenvalue weighted by Gasteiger charge is -2.04. The molecular weight excluding hydrogens is 254 g/mol. The summed E-state index contributed by atoms with van der Waals surface area (Å²) in [5.74, 6) is 0. The minimum atomic E-state index is -0.0776. The average molecular weight is 265 g/mol. The molecular formula is C11H11N3O3S. The molecule has 18 heavy (non-hydrogen) atoms. The summed E-state index contributed by atoms with van der Waals surface area (Å²) in [4.78, 5) is 30.4. The SMILES string of the molecule is O=CNc1nc(/C(C=O)=N/OC2C=CCC2)cs1. The lowest BCUT2D eigenvalue weighted by molar-refractivity contribution is -0.105. The van der Waals surface area contributed by atoms with Gasteiger partial charge in [-0.15, -0.1) is 11.3 Å². The van der Waals surface area contributed by atoms with Crippen LogP contribution in [0.1, 0.15) is 18.5 Å². The van der Waals surface area contributed by atoms with Gasteiger partial charge in [-0.3, -0.25) is 9.59 Å². The van der Waals surface area contributed by atoms with E-state index in [0.29, 0.717) is 23.5 Å². The molecule has 0 spiro atoms. The Kier molecular flexibility index (Phi) is 4.19. The van der Waals surface area contributed by atoms with Crippen LogP contribution >= 0.6 is 11.3 Å². The molecule has 1 heterocycles. The molecule has 0 aromatic carbocycles. The normalized spacial score (nSPS) is 18.7. The molecule has 7 heteroatoms. The maximum absolute atomic E-state index is 10.9. The van der Waals surface area contributed by atoms with Crippen LogP contribution in [0.3, 0.4) is 0 Å². The Labute approximate surface area is 107 Å². The largest absolute Gasteiger partial charge is 0.388 e. The first-order valence-corrected chi connectivity index (χ1v) is 6.23. The monoisotopic (exact) mass is 265 g/mol. The van der Waals surface area contributed by atoms with Crippen LogP contribution < -0.4 is 5.32 Å². The molecule has 2 rings (SSSR count). The van der Waals surface area contributed by atoms with E-state index in [1.807, 2.05) is 12.2 Å². The van der Waals surface area contributed by atoms with Crippen molar-refractivity contribution in [3.63, 3.8) is 0 Å². The van der Waals surface area contributed by atoms with Gasteiger partial charge in [-0.1, -0.05) is 11.2 Å². The lowest BCUT2D eigenvalue weighted by Crippen LogP contribution is -2.08. The number of hydrogen-bond acceptors (Lipinski definition) is 6. The fraction of sp³-hybridized carbons (Fsp3) is 0.273. The Morgan fingerprint density at radius 1 is 1.61 bits per heavy atom. The third-order valence-electron chi connectivity index (χ3n) is 2.32. The number of amides is 1. The van der Waals surface area contributed by atoms with Crippen LogP contribution in [-0.4, -0.2) is 29.5 Å². The molecule has 1 aromatic rings. The molecule has 1 atom stereocenters. The number of oxime groups is 1. The summed E-state index contributed by atoms with van der Waals surface area (Å²) in [5.41, 5.74) is 0.506. The average Bonchev–Trinajstić information content (AvgIpc) is 3.02. The molecule has 94 valence electrons. The Morgan fingerprint density at radius 3 is 3.17 bits per heavy atom. The van der Waals surface area contributed by atoms with Crippen LogP contribution in [0, 0.1) is 0 Å². The Morgan fingerprint density at radius 2 is 2.50 bits per heavy atom. The highest BCUT2D eigenvalue weighted by atomic mass is 32.1. The van der Waals surface area contributed by atoms with Crippen molar-refractivity contribution in [1.82, 2.24) is 4.98 Å². The van der Waals surface area contributed by atoms with Gasteiger partial charge in [0.05, 0.1) is 0 Å². The maximum Gasteiger partial charge on any atom is 0.213 e. The van der Waals surface area contributed by atoms with E-state index in [-0.39, 0.29) is 11.8 Å². The van der Waals surface area contributed by atoms with Gasteiger partial charge in [-0.2, -0.15) is 0 Å². The number of hydrogen-bond donors (Lipinski definition) is 1. The molecule has 1 N–H and O–H groups in total. The molecule has 1 aliphatic rings. The summed E-state index contributed by atoms with van der Waals surface area (Å²) in [6, 6.07) is 0. The molecule has 0 saturated carbocycles. The highest BCUT2D eigenvalue weighted by molar-refractivity contribution is 7.14. The number of nitrogens with zero attached hydrogens (tertiary/aromatic N) is 2. The van der Waals surface area contributed by atoms with Gasteiger partial charge in [-0.05, 0) is 18.9 Å². The fourth-order valence-corrected chi connectivity index (χ4v) is 2.12. The standard InChI is InChI=1S/C11H11N3O3S/c15-5-9(14-17-8-3-1-2-4-8)10-6-18-11(13-10)12-7-16/h1,3,5-8H,2,4H2,(H,12,13,16)/b14-9+. The quantitative estimate of drug-likeness (QED) is 0.364. The summed E-state index contributed by atoms with van der Waals surface area (Å²) < 4.78 is 0. The van der Waals surface area contributed by atoms with Gasteiger partial charge in [0.15, 0.2) is 17.1 Å². The molecule has 1 aromatic heterocycles. The molecule has 1 amide bonds. The number of anilines is 1. The van der Waals surface area contributed by atoms with E-state index >= 15 is 0 Å². The first kappa shape index (κ1) is 12.4. The van der Waals surface area contributed by atoms with E-state index in [2.05, 4.69) is 15.5 Å². The Balaban J connectivity index is 2.05. The van der Waals surface area contributed by atoms with Crippen LogP contribution in [0.4, 0.5) is 5.13 Å². The van der Waals surface area contributed by atoms with E-state index in [4.69, 9.17) is 4.84 Å². The van der Waals surface area contributed by atoms with Gasteiger partial charge < -0.3 is 10.2 Å². The molecule has 1 unspecified atom stereocenters. The highest BCUT2D eigenvalue weighted by Crippen LogP contribution is 2.16. The van der Waals surface area contributed by atoms with E-state index in [0.717, 1.165) is 12.8 Å². The second-order valence-electron chi connectivity index (χ2n) is 3.54. The fourth-order valence-electron chi connectivity index (χ4n) is 1.45. The predicted octanol–water partition coefficient (Wildman–Crippen LogP) is 1.35. The minimum Gasteiger partial charge on any atom is -0.388 e. The van der Waals surface area contributed by atoms with Crippen LogP contribution in [0.25, 0.3) is 0 Å². The van der Waals surface area contributed by atoms with E-state index in [1.54, 1.807) is 5.38 Å². The van der Waals surface area contributed by atoms with Gasteiger partial charge in [0.2, 0.25) is 6.41 Å². The number of carbonyl (C=O) groups excluding carboxylic acids is 2. The van der Waals surface area contributed by atoms with E-state index in [9.17, 15) is 9.59 Å². The summed E-state index contributed by atoms with van der Waals surface area (Å²) in [6.07, 6.45) is 6.78. The van der Waals surface area contributed by atoms with Crippen LogP contribution in [0.5, 0.6) is 0 Å². The van der Waals surface area contributed by atoms with Crippen molar-refractivity contribution in [3.8, 4) is 0 Å². The summed E-state index contributed by atoms with van der Waals surface area (Å²) >= 11 is 1.21. The molecule has 6 nitrogen and oxygen atoms in total. The minimum absolute atomic E-state index is 0.0776. The van der Waals surface area contributed by atoms with Gasteiger partial charge in [0, 0.05) is 5.38 Å².